The Labute approximate surface area is 97.2 Å². The van der Waals surface area contributed by atoms with Crippen molar-refractivity contribution in [3.63, 3.8) is 0 Å². The van der Waals surface area contributed by atoms with Crippen molar-refractivity contribution in [2.45, 2.75) is 31.9 Å². The fourth-order valence-corrected chi connectivity index (χ4v) is 2.20. The van der Waals surface area contributed by atoms with Crippen molar-refractivity contribution >= 4 is 22.4 Å². The zero-order chi connectivity index (χ0) is 11.5. The van der Waals surface area contributed by atoms with Crippen molar-refractivity contribution in [2.75, 3.05) is 12.3 Å². The Balaban J connectivity index is 1.91. The standard InChI is InChI=1S/C9H14N4O2S/c1-5(6-3-2-4-15-6)11-7(14)8-12-13-9(10)16-8/h5-6H,2-4H2,1H3,(H2,10,13)(H,11,14). The third-order valence-electron chi connectivity index (χ3n) is 2.52. The quantitative estimate of drug-likeness (QED) is 0.801. The third-order valence-corrected chi connectivity index (χ3v) is 3.27. The predicted octanol–water partition coefficient (Wildman–Crippen LogP) is 0.418. The molecular formula is C9H14N4O2S. The molecule has 1 amide bonds. The summed E-state index contributed by atoms with van der Waals surface area (Å²) >= 11 is 1.08. The molecule has 1 aliphatic heterocycles. The van der Waals surface area contributed by atoms with Crippen LogP contribution in [0.3, 0.4) is 0 Å². The Morgan fingerprint density at radius 3 is 3.06 bits per heavy atom. The van der Waals surface area contributed by atoms with E-state index in [1.807, 2.05) is 6.92 Å². The van der Waals surface area contributed by atoms with Gasteiger partial charge in [0.25, 0.3) is 5.91 Å². The average Bonchev–Trinajstić information content (AvgIpc) is 2.87. The predicted molar refractivity (Wildman–Crippen MR) is 60.2 cm³/mol. The van der Waals surface area contributed by atoms with Crippen LogP contribution in [-0.2, 0) is 4.74 Å². The highest BCUT2D eigenvalue weighted by molar-refractivity contribution is 7.16. The fraction of sp³-hybridized carbons (Fsp3) is 0.667. The molecular weight excluding hydrogens is 228 g/mol. The molecule has 0 spiro atoms. The van der Waals surface area contributed by atoms with Gasteiger partial charge in [0.05, 0.1) is 12.1 Å². The first-order chi connectivity index (χ1) is 7.66. The lowest BCUT2D eigenvalue weighted by Gasteiger charge is -2.18. The van der Waals surface area contributed by atoms with E-state index in [-0.39, 0.29) is 18.1 Å². The summed E-state index contributed by atoms with van der Waals surface area (Å²) in [7, 11) is 0. The molecule has 2 rings (SSSR count). The van der Waals surface area contributed by atoms with Crippen LogP contribution in [0.5, 0.6) is 0 Å². The van der Waals surface area contributed by atoms with Gasteiger partial charge in [-0.1, -0.05) is 11.3 Å². The lowest BCUT2D eigenvalue weighted by Crippen LogP contribution is -2.40. The maximum Gasteiger partial charge on any atom is 0.282 e. The van der Waals surface area contributed by atoms with Crippen LogP contribution >= 0.6 is 11.3 Å². The highest BCUT2D eigenvalue weighted by Gasteiger charge is 2.24. The first-order valence-corrected chi connectivity index (χ1v) is 6.00. The van der Waals surface area contributed by atoms with Gasteiger partial charge in [0.2, 0.25) is 10.1 Å². The maximum atomic E-state index is 11.7. The second-order valence-corrected chi connectivity index (χ2v) is 4.77. The van der Waals surface area contributed by atoms with Crippen molar-refractivity contribution in [1.82, 2.24) is 15.5 Å². The molecule has 88 valence electrons. The van der Waals surface area contributed by atoms with Gasteiger partial charge in [-0.25, -0.2) is 0 Å². The van der Waals surface area contributed by atoms with Crippen molar-refractivity contribution in [1.29, 1.82) is 0 Å². The summed E-state index contributed by atoms with van der Waals surface area (Å²) in [4.78, 5) is 11.7. The molecule has 0 bridgehead atoms. The first-order valence-electron chi connectivity index (χ1n) is 5.18. The monoisotopic (exact) mass is 242 g/mol. The van der Waals surface area contributed by atoms with Crippen LogP contribution in [0.2, 0.25) is 0 Å². The minimum Gasteiger partial charge on any atom is -0.376 e. The van der Waals surface area contributed by atoms with E-state index in [1.165, 1.54) is 0 Å². The molecule has 2 unspecified atom stereocenters. The molecule has 1 saturated heterocycles. The Morgan fingerprint density at radius 1 is 1.69 bits per heavy atom. The Hall–Kier alpha value is -1.21. The topological polar surface area (TPSA) is 90.1 Å². The molecule has 1 aromatic heterocycles. The second kappa shape index (κ2) is 4.75. The minimum atomic E-state index is -0.239. The van der Waals surface area contributed by atoms with E-state index >= 15 is 0 Å². The third kappa shape index (κ3) is 2.48. The van der Waals surface area contributed by atoms with Gasteiger partial charge in [-0.3, -0.25) is 4.79 Å². The first kappa shape index (κ1) is 11.3. The largest absolute Gasteiger partial charge is 0.376 e. The summed E-state index contributed by atoms with van der Waals surface area (Å²) in [5, 5.41) is 10.7. The summed E-state index contributed by atoms with van der Waals surface area (Å²) in [6, 6.07) is -0.0138. The SMILES string of the molecule is CC(NC(=O)c1nnc(N)s1)C1CCCO1. The number of hydrogen-bond donors (Lipinski definition) is 2. The fourth-order valence-electron chi connectivity index (χ4n) is 1.68. The number of nitrogen functional groups attached to an aromatic ring is 1. The minimum absolute atomic E-state index is 0.0138. The van der Waals surface area contributed by atoms with Gasteiger partial charge in [0, 0.05) is 6.61 Å². The van der Waals surface area contributed by atoms with E-state index in [2.05, 4.69) is 15.5 Å². The van der Waals surface area contributed by atoms with Crippen LogP contribution in [0.4, 0.5) is 5.13 Å². The molecule has 0 saturated carbocycles. The number of hydrogen-bond acceptors (Lipinski definition) is 6. The zero-order valence-corrected chi connectivity index (χ0v) is 9.79. The lowest BCUT2D eigenvalue weighted by molar-refractivity contribution is 0.0712. The molecule has 0 aliphatic carbocycles. The number of carbonyl (C=O) groups is 1. The molecule has 1 aliphatic rings. The molecule has 2 atom stereocenters. The van der Waals surface area contributed by atoms with Gasteiger partial charge in [-0.15, -0.1) is 10.2 Å². The van der Waals surface area contributed by atoms with Crippen LogP contribution < -0.4 is 11.1 Å². The van der Waals surface area contributed by atoms with Gasteiger partial charge >= 0.3 is 0 Å². The highest BCUT2D eigenvalue weighted by atomic mass is 32.1. The van der Waals surface area contributed by atoms with Gasteiger partial charge in [0.1, 0.15) is 0 Å². The van der Waals surface area contributed by atoms with Gasteiger partial charge in [-0.2, -0.15) is 0 Å². The molecule has 0 radical (unpaired) electrons. The number of amides is 1. The van der Waals surface area contributed by atoms with Crippen LogP contribution in [0.25, 0.3) is 0 Å². The summed E-state index contributed by atoms with van der Waals surface area (Å²) < 4.78 is 5.48. The summed E-state index contributed by atoms with van der Waals surface area (Å²) in [5.41, 5.74) is 5.41. The molecule has 0 aromatic carbocycles. The number of rotatable bonds is 3. The average molecular weight is 242 g/mol. The van der Waals surface area contributed by atoms with Crippen molar-refractivity contribution in [3.8, 4) is 0 Å². The smallest absolute Gasteiger partial charge is 0.282 e. The highest BCUT2D eigenvalue weighted by Crippen LogP contribution is 2.16. The van der Waals surface area contributed by atoms with Crippen molar-refractivity contribution < 1.29 is 9.53 Å². The second-order valence-electron chi connectivity index (χ2n) is 3.76. The number of aromatic nitrogens is 2. The number of nitrogens with two attached hydrogens (primary N) is 1. The summed E-state index contributed by atoms with van der Waals surface area (Å²) in [6.45, 7) is 2.70. The Bertz CT molecular complexity index is 375. The van der Waals surface area contributed by atoms with E-state index in [4.69, 9.17) is 10.5 Å². The zero-order valence-electron chi connectivity index (χ0n) is 8.97. The van der Waals surface area contributed by atoms with E-state index in [0.717, 1.165) is 30.8 Å². The van der Waals surface area contributed by atoms with Crippen molar-refractivity contribution in [3.05, 3.63) is 5.01 Å². The van der Waals surface area contributed by atoms with Gasteiger partial charge in [0.15, 0.2) is 0 Å². The van der Waals surface area contributed by atoms with Crippen LogP contribution in [0, 0.1) is 0 Å². The molecule has 7 heteroatoms. The van der Waals surface area contributed by atoms with Gasteiger partial charge in [-0.05, 0) is 19.8 Å². The molecule has 1 fully saturated rings. The summed E-state index contributed by atoms with van der Waals surface area (Å²) in [6.07, 6.45) is 2.14. The molecule has 3 N–H and O–H groups in total. The maximum absolute atomic E-state index is 11.7. The molecule has 6 nitrogen and oxygen atoms in total. The molecule has 16 heavy (non-hydrogen) atoms. The van der Waals surface area contributed by atoms with Gasteiger partial charge < -0.3 is 15.8 Å². The van der Waals surface area contributed by atoms with E-state index in [1.54, 1.807) is 0 Å². The molecule has 1 aromatic rings. The number of carbonyl (C=O) groups excluding carboxylic acids is 1. The lowest BCUT2D eigenvalue weighted by atomic mass is 10.1. The Morgan fingerprint density at radius 2 is 2.50 bits per heavy atom. The van der Waals surface area contributed by atoms with Crippen LogP contribution in [-0.4, -0.2) is 34.9 Å². The Kier molecular flexibility index (Phi) is 3.35. The van der Waals surface area contributed by atoms with E-state index in [0.29, 0.717) is 10.1 Å². The number of nitrogens with zero attached hydrogens (tertiary/aromatic N) is 2. The van der Waals surface area contributed by atoms with E-state index < -0.39 is 0 Å². The number of anilines is 1. The number of ether oxygens (including phenoxy) is 1. The molecule has 2 heterocycles. The van der Waals surface area contributed by atoms with E-state index in [9.17, 15) is 4.79 Å². The van der Waals surface area contributed by atoms with Crippen molar-refractivity contribution in [2.24, 2.45) is 0 Å². The van der Waals surface area contributed by atoms with Crippen LogP contribution in [0.15, 0.2) is 0 Å². The number of nitrogens with one attached hydrogen (secondary N) is 1. The van der Waals surface area contributed by atoms with Crippen LogP contribution in [0.1, 0.15) is 29.6 Å². The summed E-state index contributed by atoms with van der Waals surface area (Å²) in [5.74, 6) is -0.239. The normalized spacial score (nSPS) is 21.9.